The van der Waals surface area contributed by atoms with Gasteiger partial charge in [-0.2, -0.15) is 0 Å². The summed E-state index contributed by atoms with van der Waals surface area (Å²) in [7, 11) is 0. The summed E-state index contributed by atoms with van der Waals surface area (Å²) in [5.41, 5.74) is 6.43. The fraction of sp³-hybridized carbons (Fsp3) is 0. The lowest BCUT2D eigenvalue weighted by molar-refractivity contribution is 0.257. The Morgan fingerprint density at radius 3 is 2.80 bits per heavy atom. The minimum absolute atomic E-state index is 0.587. The van der Waals surface area contributed by atoms with E-state index in [1.807, 2.05) is 24.3 Å². The number of primary amides is 1. The zero-order valence-electron chi connectivity index (χ0n) is 7.79. The molecule has 0 unspecified atom stereocenters. The number of nitrogens with zero attached hydrogens (tertiary/aromatic N) is 2. The van der Waals surface area contributed by atoms with E-state index in [1.165, 1.54) is 0 Å². The zero-order valence-corrected chi connectivity index (χ0v) is 8.69. The second-order valence-electron chi connectivity index (χ2n) is 3.00. The first kappa shape index (κ1) is 9.79. The lowest BCUT2D eigenvalue weighted by Gasteiger charge is -2.13. The van der Waals surface area contributed by atoms with Crippen molar-refractivity contribution in [2.24, 2.45) is 5.73 Å². The van der Waals surface area contributed by atoms with Gasteiger partial charge in [-0.05, 0) is 12.1 Å². The van der Waals surface area contributed by atoms with Crippen LogP contribution in [0.1, 0.15) is 0 Å². The first-order valence-electron chi connectivity index (χ1n) is 4.32. The third-order valence-corrected chi connectivity index (χ3v) is 2.46. The number of hydrogen-bond donors (Lipinski definition) is 2. The van der Waals surface area contributed by atoms with Crippen LogP contribution in [0.4, 0.5) is 10.5 Å². The van der Waals surface area contributed by atoms with E-state index >= 15 is 0 Å². The van der Waals surface area contributed by atoms with Crippen LogP contribution in [0.3, 0.4) is 0 Å². The van der Waals surface area contributed by atoms with Gasteiger partial charge in [0.15, 0.2) is 0 Å². The molecule has 0 saturated carbocycles. The van der Waals surface area contributed by atoms with Crippen molar-refractivity contribution in [1.82, 2.24) is 4.98 Å². The molecule has 0 aliphatic heterocycles. The van der Waals surface area contributed by atoms with E-state index in [1.54, 1.807) is 12.3 Å². The van der Waals surface area contributed by atoms with Gasteiger partial charge in [-0.25, -0.2) is 9.10 Å². The molecule has 0 aliphatic rings. The lowest BCUT2D eigenvalue weighted by Crippen LogP contribution is -2.27. The van der Waals surface area contributed by atoms with Crippen LogP contribution in [0.5, 0.6) is 0 Å². The third kappa shape index (κ3) is 1.73. The van der Waals surface area contributed by atoms with Crippen LogP contribution in [0.25, 0.3) is 10.9 Å². The number of urea groups is 1. The molecule has 0 spiro atoms. The highest BCUT2D eigenvalue weighted by atomic mass is 32.1. The van der Waals surface area contributed by atoms with Crippen molar-refractivity contribution < 1.29 is 4.79 Å². The highest BCUT2D eigenvalue weighted by Gasteiger charge is 2.11. The first-order valence-corrected chi connectivity index (χ1v) is 4.72. The molecular formula is C10H9N3OS. The summed E-state index contributed by atoms with van der Waals surface area (Å²) in [6.45, 7) is 0. The second kappa shape index (κ2) is 3.78. The molecule has 1 aromatic heterocycles. The Morgan fingerprint density at radius 1 is 1.33 bits per heavy atom. The monoisotopic (exact) mass is 219 g/mol. The smallest absolute Gasteiger partial charge is 0.329 e. The molecule has 0 radical (unpaired) electrons. The summed E-state index contributed by atoms with van der Waals surface area (Å²) < 4.78 is 1.08. The highest BCUT2D eigenvalue weighted by Crippen LogP contribution is 2.25. The summed E-state index contributed by atoms with van der Waals surface area (Å²) in [5.74, 6) is 0. The van der Waals surface area contributed by atoms with Crippen molar-refractivity contribution in [2.45, 2.75) is 0 Å². The number of nitrogens with two attached hydrogens (primary N) is 1. The average Bonchev–Trinajstić information content (AvgIpc) is 2.27. The number of amides is 2. The summed E-state index contributed by atoms with van der Waals surface area (Å²) in [6, 6.07) is 8.59. The highest BCUT2D eigenvalue weighted by molar-refractivity contribution is 7.82. The van der Waals surface area contributed by atoms with Crippen molar-refractivity contribution in [2.75, 3.05) is 4.31 Å². The van der Waals surface area contributed by atoms with Gasteiger partial charge in [0.2, 0.25) is 0 Å². The molecule has 1 aromatic carbocycles. The quantitative estimate of drug-likeness (QED) is 0.720. The average molecular weight is 219 g/mol. The van der Waals surface area contributed by atoms with E-state index in [0.717, 1.165) is 9.69 Å². The van der Waals surface area contributed by atoms with Gasteiger partial charge in [-0.15, -0.1) is 0 Å². The maximum atomic E-state index is 11.0. The molecule has 0 fully saturated rings. The number of para-hydroxylation sites is 1. The molecule has 2 aromatic rings. The maximum absolute atomic E-state index is 11.0. The minimum Gasteiger partial charge on any atom is -0.350 e. The summed E-state index contributed by atoms with van der Waals surface area (Å²) >= 11 is 4.01. The van der Waals surface area contributed by atoms with Crippen LogP contribution in [-0.4, -0.2) is 11.0 Å². The lowest BCUT2D eigenvalue weighted by atomic mass is 10.2. The number of thiol groups is 1. The minimum atomic E-state index is -0.628. The largest absolute Gasteiger partial charge is 0.350 e. The molecule has 0 aliphatic carbocycles. The van der Waals surface area contributed by atoms with Crippen molar-refractivity contribution in [3.63, 3.8) is 0 Å². The molecule has 0 atom stereocenters. The predicted octanol–water partition coefficient (Wildman–Crippen LogP) is 1.96. The molecule has 2 N–H and O–H groups in total. The molecular weight excluding hydrogens is 210 g/mol. The Balaban J connectivity index is 2.65. The number of carbonyl (C=O) groups is 1. The van der Waals surface area contributed by atoms with Crippen LogP contribution in [0, 0.1) is 0 Å². The van der Waals surface area contributed by atoms with Gasteiger partial charge >= 0.3 is 6.03 Å². The first-order chi connectivity index (χ1) is 7.20. The van der Waals surface area contributed by atoms with E-state index < -0.39 is 6.03 Å². The van der Waals surface area contributed by atoms with E-state index in [-0.39, 0.29) is 0 Å². The van der Waals surface area contributed by atoms with Crippen LogP contribution >= 0.6 is 12.8 Å². The van der Waals surface area contributed by atoms with Gasteiger partial charge in [0.05, 0.1) is 11.2 Å². The maximum Gasteiger partial charge on any atom is 0.329 e. The SMILES string of the molecule is NC(=O)N(S)c1cccc2cccnc12. The number of hydrogen-bond acceptors (Lipinski definition) is 3. The molecule has 0 bridgehead atoms. The van der Waals surface area contributed by atoms with E-state index in [2.05, 4.69) is 17.8 Å². The van der Waals surface area contributed by atoms with Crippen molar-refractivity contribution in [3.05, 3.63) is 36.5 Å². The van der Waals surface area contributed by atoms with Gasteiger partial charge in [0, 0.05) is 11.6 Å². The number of pyridine rings is 1. The molecule has 15 heavy (non-hydrogen) atoms. The van der Waals surface area contributed by atoms with Gasteiger partial charge < -0.3 is 5.73 Å². The van der Waals surface area contributed by atoms with Gasteiger partial charge in [0.25, 0.3) is 0 Å². The number of aromatic nitrogens is 1. The Hall–Kier alpha value is -1.75. The Labute approximate surface area is 92.2 Å². The van der Waals surface area contributed by atoms with Crippen molar-refractivity contribution >= 4 is 35.4 Å². The van der Waals surface area contributed by atoms with E-state index in [4.69, 9.17) is 5.73 Å². The van der Waals surface area contributed by atoms with E-state index in [0.29, 0.717) is 11.2 Å². The van der Waals surface area contributed by atoms with Crippen LogP contribution < -0.4 is 10.0 Å². The van der Waals surface area contributed by atoms with Crippen molar-refractivity contribution in [3.8, 4) is 0 Å². The normalized spacial score (nSPS) is 10.2. The molecule has 2 amide bonds. The fourth-order valence-electron chi connectivity index (χ4n) is 1.38. The zero-order chi connectivity index (χ0) is 10.8. The van der Waals surface area contributed by atoms with Crippen LogP contribution in [0.15, 0.2) is 36.5 Å². The number of anilines is 1. The van der Waals surface area contributed by atoms with Gasteiger partial charge in [-0.1, -0.05) is 31.0 Å². The summed E-state index contributed by atoms with van der Waals surface area (Å²) in [6.07, 6.45) is 1.66. The second-order valence-corrected chi connectivity index (χ2v) is 3.40. The van der Waals surface area contributed by atoms with Crippen LogP contribution in [-0.2, 0) is 0 Å². The predicted molar refractivity (Wildman–Crippen MR) is 62.8 cm³/mol. The molecule has 0 saturated heterocycles. The number of rotatable bonds is 1. The molecule has 2 rings (SSSR count). The Morgan fingerprint density at radius 2 is 2.07 bits per heavy atom. The molecule has 5 heteroatoms. The van der Waals surface area contributed by atoms with Crippen LogP contribution in [0.2, 0.25) is 0 Å². The standard InChI is InChI=1S/C10H9N3OS/c11-10(14)13(15)8-5-1-3-7-4-2-6-12-9(7)8/h1-6,15H,(H2,11,14). The Kier molecular flexibility index (Phi) is 2.47. The molecule has 4 nitrogen and oxygen atoms in total. The fourth-order valence-corrected chi connectivity index (χ4v) is 1.54. The third-order valence-electron chi connectivity index (χ3n) is 2.05. The molecule has 1 heterocycles. The van der Waals surface area contributed by atoms with Gasteiger partial charge in [0.1, 0.15) is 0 Å². The van der Waals surface area contributed by atoms with E-state index in [9.17, 15) is 4.79 Å². The molecule has 76 valence electrons. The van der Waals surface area contributed by atoms with Crippen molar-refractivity contribution in [1.29, 1.82) is 0 Å². The number of fused-ring (bicyclic) bond motifs is 1. The number of benzene rings is 1. The number of carbonyl (C=O) groups excluding carboxylic acids is 1. The topological polar surface area (TPSA) is 59.2 Å². The summed E-state index contributed by atoms with van der Waals surface area (Å²) in [5, 5.41) is 0.940. The van der Waals surface area contributed by atoms with Gasteiger partial charge in [-0.3, -0.25) is 4.98 Å². The summed E-state index contributed by atoms with van der Waals surface area (Å²) in [4.78, 5) is 15.2. The Bertz CT molecular complexity index is 509.